The number of allylic oxidation sites excluding steroid dienone is 2. The van der Waals surface area contributed by atoms with Gasteiger partial charge in [0.1, 0.15) is 11.8 Å². The first-order chi connectivity index (χ1) is 9.43. The molecule has 21 heavy (non-hydrogen) atoms. The van der Waals surface area contributed by atoms with E-state index in [4.69, 9.17) is 10.00 Å². The molecule has 1 aromatic rings. The lowest BCUT2D eigenvalue weighted by Gasteiger charge is -2.29. The molecule has 0 fully saturated rings. The minimum Gasteiger partial charge on any atom is -0.497 e. The molecule has 2 rings (SSSR count). The predicted octanol–water partition coefficient (Wildman–Crippen LogP) is 3.67. The van der Waals surface area contributed by atoms with Gasteiger partial charge in [-0.25, -0.2) is 0 Å². The maximum Gasteiger partial charge on any atom is 0.157 e. The van der Waals surface area contributed by atoms with Crippen molar-refractivity contribution in [1.82, 2.24) is 0 Å². The average Bonchev–Trinajstić information content (AvgIpc) is 2.36. The van der Waals surface area contributed by atoms with Gasteiger partial charge in [-0.05, 0) is 24.0 Å². The topological polar surface area (TPSA) is 62.1 Å². The van der Waals surface area contributed by atoms with Crippen LogP contribution in [0.5, 0.6) is 5.75 Å². The molecule has 0 unspecified atom stereocenters. The molecule has 0 aromatic heterocycles. The highest BCUT2D eigenvalue weighted by Gasteiger charge is 2.27. The fourth-order valence-electron chi connectivity index (χ4n) is 2.45. The lowest BCUT2D eigenvalue weighted by molar-refractivity contribution is -0.117. The molecular weight excluding hydrogens is 288 g/mol. The van der Waals surface area contributed by atoms with Crippen molar-refractivity contribution in [2.75, 3.05) is 12.4 Å². The van der Waals surface area contributed by atoms with Gasteiger partial charge in [0.25, 0.3) is 0 Å². The molecule has 0 spiro atoms. The van der Waals surface area contributed by atoms with Gasteiger partial charge in [-0.15, -0.1) is 12.4 Å². The number of halogens is 1. The van der Waals surface area contributed by atoms with E-state index in [1.54, 1.807) is 31.4 Å². The number of nitrogens with one attached hydrogen (secondary N) is 1. The van der Waals surface area contributed by atoms with Gasteiger partial charge in [-0.2, -0.15) is 5.26 Å². The van der Waals surface area contributed by atoms with Crippen molar-refractivity contribution in [1.29, 1.82) is 5.26 Å². The Morgan fingerprint density at radius 2 is 2.05 bits per heavy atom. The van der Waals surface area contributed by atoms with Gasteiger partial charge in [0.15, 0.2) is 5.78 Å². The number of nitriles is 1. The van der Waals surface area contributed by atoms with Gasteiger partial charge in [0.05, 0.1) is 18.4 Å². The van der Waals surface area contributed by atoms with Crippen LogP contribution in [0.15, 0.2) is 30.0 Å². The summed E-state index contributed by atoms with van der Waals surface area (Å²) in [7, 11) is 1.58. The second kappa shape index (κ2) is 6.64. The minimum atomic E-state index is -0.0557. The van der Waals surface area contributed by atoms with Crippen LogP contribution in [0.3, 0.4) is 0 Å². The van der Waals surface area contributed by atoms with E-state index in [9.17, 15) is 4.79 Å². The van der Waals surface area contributed by atoms with Crippen molar-refractivity contribution in [2.45, 2.75) is 26.7 Å². The summed E-state index contributed by atoms with van der Waals surface area (Å²) < 4.78 is 5.17. The zero-order valence-electron chi connectivity index (χ0n) is 12.4. The molecular formula is C16H19ClN2O2. The number of hydrogen-bond acceptors (Lipinski definition) is 4. The van der Waals surface area contributed by atoms with Crippen LogP contribution in [-0.2, 0) is 4.79 Å². The van der Waals surface area contributed by atoms with Crippen LogP contribution in [0.4, 0.5) is 5.69 Å². The predicted molar refractivity (Wildman–Crippen MR) is 84.7 cm³/mol. The Balaban J connectivity index is 0.00000220. The fraction of sp³-hybridized carbons (Fsp3) is 0.375. The maximum atomic E-state index is 11.8. The van der Waals surface area contributed by atoms with Gasteiger partial charge in [0, 0.05) is 24.3 Å². The largest absolute Gasteiger partial charge is 0.497 e. The Kier molecular flexibility index (Phi) is 5.40. The summed E-state index contributed by atoms with van der Waals surface area (Å²) in [6, 6.07) is 7.36. The highest BCUT2D eigenvalue weighted by atomic mass is 35.5. The number of nitrogens with zero attached hydrogens (tertiary/aromatic N) is 1. The quantitative estimate of drug-likeness (QED) is 0.925. The molecule has 1 aliphatic carbocycles. The van der Waals surface area contributed by atoms with Gasteiger partial charge < -0.3 is 10.1 Å². The second-order valence-corrected chi connectivity index (χ2v) is 5.80. The lowest BCUT2D eigenvalue weighted by atomic mass is 9.79. The molecule has 1 aromatic carbocycles. The normalized spacial score (nSPS) is 16.3. The Morgan fingerprint density at radius 1 is 1.33 bits per heavy atom. The van der Waals surface area contributed by atoms with E-state index >= 15 is 0 Å². The van der Waals surface area contributed by atoms with E-state index in [0.717, 1.165) is 12.1 Å². The summed E-state index contributed by atoms with van der Waals surface area (Å²) in [6.07, 6.45) is 2.97. The number of rotatable bonds is 3. The maximum absolute atomic E-state index is 11.8. The summed E-state index contributed by atoms with van der Waals surface area (Å²) in [5.74, 6) is 0.790. The SMILES string of the molecule is COc1ccc(C#N)c(NC2=CC(=O)CC(C)(C)C2)c1.Cl. The van der Waals surface area contributed by atoms with E-state index in [1.807, 2.05) is 0 Å². The number of carbonyl (C=O) groups excluding carboxylic acids is 1. The first-order valence-electron chi connectivity index (χ1n) is 6.52. The number of ketones is 1. The van der Waals surface area contributed by atoms with Gasteiger partial charge >= 0.3 is 0 Å². The Bertz CT molecular complexity index is 615. The second-order valence-electron chi connectivity index (χ2n) is 5.80. The van der Waals surface area contributed by atoms with Crippen LogP contribution in [0.1, 0.15) is 32.3 Å². The molecule has 0 saturated carbocycles. The van der Waals surface area contributed by atoms with Gasteiger partial charge in [0.2, 0.25) is 0 Å². The zero-order valence-corrected chi connectivity index (χ0v) is 13.2. The fourth-order valence-corrected chi connectivity index (χ4v) is 2.45. The lowest BCUT2D eigenvalue weighted by Crippen LogP contribution is -2.24. The first-order valence-corrected chi connectivity index (χ1v) is 6.52. The third-order valence-corrected chi connectivity index (χ3v) is 3.30. The highest BCUT2D eigenvalue weighted by Crippen LogP contribution is 2.34. The van der Waals surface area contributed by atoms with Crippen LogP contribution in [0, 0.1) is 16.7 Å². The summed E-state index contributed by atoms with van der Waals surface area (Å²) >= 11 is 0. The molecule has 0 radical (unpaired) electrons. The highest BCUT2D eigenvalue weighted by molar-refractivity contribution is 5.92. The van der Waals surface area contributed by atoms with E-state index < -0.39 is 0 Å². The minimum absolute atomic E-state index is 0. The number of ether oxygens (including phenoxy) is 1. The monoisotopic (exact) mass is 306 g/mol. The molecule has 0 amide bonds. The molecule has 1 aliphatic rings. The molecule has 5 heteroatoms. The molecule has 0 atom stereocenters. The van der Waals surface area contributed by atoms with Gasteiger partial charge in [-0.3, -0.25) is 4.79 Å². The number of anilines is 1. The van der Waals surface area contributed by atoms with Crippen molar-refractivity contribution >= 4 is 23.9 Å². The van der Waals surface area contributed by atoms with Crippen molar-refractivity contribution in [3.8, 4) is 11.8 Å². The van der Waals surface area contributed by atoms with Crippen LogP contribution >= 0.6 is 12.4 Å². The number of carbonyl (C=O) groups is 1. The summed E-state index contributed by atoms with van der Waals surface area (Å²) in [5, 5.41) is 12.3. The Hall–Kier alpha value is -1.99. The van der Waals surface area contributed by atoms with E-state index in [2.05, 4.69) is 25.2 Å². The Morgan fingerprint density at radius 3 is 2.62 bits per heavy atom. The van der Waals surface area contributed by atoms with Crippen LogP contribution in [0.2, 0.25) is 0 Å². The summed E-state index contributed by atoms with van der Waals surface area (Å²) in [5.41, 5.74) is 1.99. The zero-order chi connectivity index (χ0) is 14.8. The van der Waals surface area contributed by atoms with Gasteiger partial charge in [-0.1, -0.05) is 13.8 Å². The smallest absolute Gasteiger partial charge is 0.157 e. The van der Waals surface area contributed by atoms with Crippen LogP contribution in [-0.4, -0.2) is 12.9 Å². The van der Waals surface area contributed by atoms with E-state index in [-0.39, 0.29) is 23.6 Å². The van der Waals surface area contributed by atoms with Crippen LogP contribution in [0.25, 0.3) is 0 Å². The Labute approximate surface area is 131 Å². The average molecular weight is 307 g/mol. The van der Waals surface area contributed by atoms with Crippen molar-refractivity contribution < 1.29 is 9.53 Å². The molecule has 0 heterocycles. The number of methoxy groups -OCH3 is 1. The van der Waals surface area contributed by atoms with Crippen molar-refractivity contribution in [3.63, 3.8) is 0 Å². The first kappa shape index (κ1) is 17.1. The number of hydrogen-bond donors (Lipinski definition) is 1. The summed E-state index contributed by atoms with van der Waals surface area (Å²) in [4.78, 5) is 11.8. The van der Waals surface area contributed by atoms with E-state index in [1.165, 1.54) is 0 Å². The van der Waals surface area contributed by atoms with Crippen molar-refractivity contribution in [3.05, 3.63) is 35.5 Å². The van der Waals surface area contributed by atoms with Crippen LogP contribution < -0.4 is 10.1 Å². The molecule has 4 nitrogen and oxygen atoms in total. The third-order valence-electron chi connectivity index (χ3n) is 3.30. The van der Waals surface area contributed by atoms with E-state index in [0.29, 0.717) is 23.4 Å². The molecule has 0 bridgehead atoms. The molecule has 0 aliphatic heterocycles. The summed E-state index contributed by atoms with van der Waals surface area (Å²) in [6.45, 7) is 4.13. The number of benzene rings is 1. The molecule has 0 saturated heterocycles. The molecule has 112 valence electrons. The third kappa shape index (κ3) is 4.24. The standard InChI is InChI=1S/C16H18N2O2.ClH/c1-16(2)8-12(6-13(19)9-16)18-15-7-14(20-3)5-4-11(15)10-17;/h4-7,18H,8-9H2,1-3H3;1H. The van der Waals surface area contributed by atoms with Crippen molar-refractivity contribution in [2.24, 2.45) is 5.41 Å². The molecule has 1 N–H and O–H groups in total.